The minimum Gasteiger partial charge on any atom is -0.318 e. The highest BCUT2D eigenvalue weighted by Gasteiger charge is 2.11. The number of nitriles is 2. The Bertz CT molecular complexity index is 984. The average Bonchev–Trinajstić information content (AvgIpc) is 3.26. The molecule has 120 valence electrons. The lowest BCUT2D eigenvalue weighted by atomic mass is 10.1. The van der Waals surface area contributed by atoms with Crippen molar-refractivity contribution < 1.29 is 0 Å². The Balaban J connectivity index is 1.73. The van der Waals surface area contributed by atoms with Crippen molar-refractivity contribution in [2.75, 3.05) is 0 Å². The van der Waals surface area contributed by atoms with Crippen LogP contribution in [-0.2, 0) is 7.05 Å². The second kappa shape index (κ2) is 7.29. The number of hydrogen-bond acceptors (Lipinski definition) is 3. The van der Waals surface area contributed by atoms with E-state index < -0.39 is 0 Å². The van der Waals surface area contributed by atoms with E-state index in [9.17, 15) is 0 Å². The smallest absolute Gasteiger partial charge is 0.177 e. The fourth-order valence-electron chi connectivity index (χ4n) is 2.55. The van der Waals surface area contributed by atoms with Gasteiger partial charge in [-0.25, -0.2) is 4.98 Å². The van der Waals surface area contributed by atoms with Gasteiger partial charge >= 0.3 is 0 Å². The Kier molecular flexibility index (Phi) is 4.74. The summed E-state index contributed by atoms with van der Waals surface area (Å²) in [5.41, 5.74) is 3.90. The van der Waals surface area contributed by atoms with E-state index in [-0.39, 0.29) is 11.4 Å². The van der Waals surface area contributed by atoms with Crippen molar-refractivity contribution in [2.45, 2.75) is 6.42 Å². The van der Waals surface area contributed by atoms with Crippen molar-refractivity contribution in [3.05, 3.63) is 82.5 Å². The van der Waals surface area contributed by atoms with Gasteiger partial charge in [-0.15, -0.1) is 0 Å². The Morgan fingerprint density at radius 1 is 1.00 bits per heavy atom. The molecule has 0 unspecified atom stereocenters. The molecule has 0 aliphatic heterocycles. The second-order valence-corrected chi connectivity index (χ2v) is 5.66. The van der Waals surface area contributed by atoms with E-state index in [1.54, 1.807) is 11.6 Å². The van der Waals surface area contributed by atoms with Crippen molar-refractivity contribution in [2.24, 2.45) is 7.05 Å². The van der Waals surface area contributed by atoms with Gasteiger partial charge in [-0.05, 0) is 29.2 Å². The topological polar surface area (TPSA) is 65.4 Å². The third kappa shape index (κ3) is 3.65. The molecule has 0 amide bonds. The largest absolute Gasteiger partial charge is 0.318 e. The lowest BCUT2D eigenvalue weighted by molar-refractivity contribution is 0.882. The van der Waals surface area contributed by atoms with Gasteiger partial charge in [0.15, 0.2) is 11.4 Å². The molecule has 0 spiro atoms. The second-order valence-electron chi connectivity index (χ2n) is 5.66. The zero-order valence-electron chi connectivity index (χ0n) is 13.8. The van der Waals surface area contributed by atoms with Gasteiger partial charge in [-0.3, -0.25) is 0 Å². The van der Waals surface area contributed by atoms with E-state index in [4.69, 9.17) is 10.5 Å². The zero-order chi connectivity index (χ0) is 17.6. The van der Waals surface area contributed by atoms with Crippen LogP contribution in [0.3, 0.4) is 0 Å². The molecular weight excluding hydrogens is 308 g/mol. The van der Waals surface area contributed by atoms with Crippen molar-refractivity contribution in [1.82, 2.24) is 9.55 Å². The number of nitrogens with zero attached hydrogens (tertiary/aromatic N) is 4. The van der Waals surface area contributed by atoms with Crippen molar-refractivity contribution in [3.8, 4) is 12.1 Å². The van der Waals surface area contributed by atoms with Crippen LogP contribution in [-0.4, -0.2) is 9.55 Å². The molecule has 0 saturated carbocycles. The summed E-state index contributed by atoms with van der Waals surface area (Å²) in [4.78, 5) is 4.17. The first-order valence-corrected chi connectivity index (χ1v) is 7.90. The number of imidazole rings is 1. The molecular formula is C21H16N4. The van der Waals surface area contributed by atoms with Gasteiger partial charge in [-0.2, -0.15) is 10.5 Å². The Labute approximate surface area is 147 Å². The number of aromatic nitrogens is 2. The van der Waals surface area contributed by atoms with Gasteiger partial charge in [0.2, 0.25) is 0 Å². The van der Waals surface area contributed by atoms with Crippen molar-refractivity contribution >= 4 is 18.2 Å². The van der Waals surface area contributed by atoms with Crippen LogP contribution in [0.4, 0.5) is 0 Å². The van der Waals surface area contributed by atoms with Crippen LogP contribution >= 0.6 is 0 Å². The molecule has 3 rings (SSSR count). The molecule has 1 aromatic heterocycles. The van der Waals surface area contributed by atoms with Crippen LogP contribution in [0.15, 0.2) is 54.1 Å². The predicted octanol–water partition coefficient (Wildman–Crippen LogP) is 4.23. The van der Waals surface area contributed by atoms with Crippen LogP contribution in [0.25, 0.3) is 18.2 Å². The molecule has 0 atom stereocenters. The molecule has 0 radical (unpaired) electrons. The summed E-state index contributed by atoms with van der Waals surface area (Å²) in [6.45, 7) is 0. The number of hydrogen-bond donors (Lipinski definition) is 0. The van der Waals surface area contributed by atoms with Crippen LogP contribution in [0.1, 0.15) is 34.8 Å². The average molecular weight is 324 g/mol. The van der Waals surface area contributed by atoms with Crippen molar-refractivity contribution in [1.29, 1.82) is 10.5 Å². The standard InChI is InChI=1S/C21H16N4/c1-25-20(15-23)19(14-22)24-21(25)13-12-18-10-8-17(9-11-18)7-6-16-4-2-3-5-16/h2-4,6-13H,5H2,1H3/b7-6+,13-12+. The molecule has 1 aliphatic carbocycles. The Morgan fingerprint density at radius 2 is 1.68 bits per heavy atom. The number of allylic oxidation sites excluding steroid dienone is 5. The van der Waals surface area contributed by atoms with Gasteiger partial charge in [0, 0.05) is 7.05 Å². The van der Waals surface area contributed by atoms with Crippen LogP contribution < -0.4 is 0 Å². The summed E-state index contributed by atoms with van der Waals surface area (Å²) < 4.78 is 1.62. The molecule has 25 heavy (non-hydrogen) atoms. The van der Waals surface area contributed by atoms with Crippen LogP contribution in [0, 0.1) is 22.7 Å². The van der Waals surface area contributed by atoms with E-state index in [1.807, 2.05) is 36.4 Å². The van der Waals surface area contributed by atoms with Gasteiger partial charge < -0.3 is 4.57 Å². The predicted molar refractivity (Wildman–Crippen MR) is 98.9 cm³/mol. The maximum absolute atomic E-state index is 9.09. The third-order valence-corrected chi connectivity index (χ3v) is 3.99. The Morgan fingerprint density at radius 3 is 2.20 bits per heavy atom. The first-order valence-electron chi connectivity index (χ1n) is 7.90. The summed E-state index contributed by atoms with van der Waals surface area (Å²) >= 11 is 0. The minimum absolute atomic E-state index is 0.154. The highest BCUT2D eigenvalue weighted by atomic mass is 15.1. The lowest BCUT2D eigenvalue weighted by Gasteiger charge is -1.98. The highest BCUT2D eigenvalue weighted by molar-refractivity contribution is 5.69. The molecule has 4 nitrogen and oxygen atoms in total. The molecule has 2 aromatic rings. The SMILES string of the molecule is Cn1c(/C=C/c2ccc(/C=C/C3=CC=CC3)cc2)nc(C#N)c1C#N. The summed E-state index contributed by atoms with van der Waals surface area (Å²) in [5.74, 6) is 0.581. The lowest BCUT2D eigenvalue weighted by Crippen LogP contribution is -1.94. The Hall–Kier alpha value is -3.63. The fourth-order valence-corrected chi connectivity index (χ4v) is 2.55. The molecule has 0 N–H and O–H groups in total. The molecule has 0 bridgehead atoms. The van der Waals surface area contributed by atoms with E-state index in [0.29, 0.717) is 5.82 Å². The monoisotopic (exact) mass is 324 g/mol. The molecule has 1 aromatic carbocycles. The number of benzene rings is 1. The van der Waals surface area contributed by atoms with Crippen molar-refractivity contribution in [3.63, 3.8) is 0 Å². The first-order chi connectivity index (χ1) is 12.2. The minimum atomic E-state index is 0.154. The van der Waals surface area contributed by atoms with Gasteiger partial charge in [0.25, 0.3) is 0 Å². The maximum atomic E-state index is 9.09. The van der Waals surface area contributed by atoms with E-state index in [1.165, 1.54) is 5.57 Å². The summed E-state index contributed by atoms with van der Waals surface area (Å²) in [7, 11) is 1.73. The highest BCUT2D eigenvalue weighted by Crippen LogP contribution is 2.16. The van der Waals surface area contributed by atoms with Crippen LogP contribution in [0.2, 0.25) is 0 Å². The zero-order valence-corrected chi connectivity index (χ0v) is 13.8. The molecule has 0 saturated heterocycles. The summed E-state index contributed by atoms with van der Waals surface area (Å²) in [5, 5.41) is 18.1. The first kappa shape index (κ1) is 16.2. The van der Waals surface area contributed by atoms with E-state index >= 15 is 0 Å². The summed E-state index contributed by atoms with van der Waals surface area (Å²) in [6, 6.07) is 12.1. The molecule has 0 fully saturated rings. The number of rotatable bonds is 4. The van der Waals surface area contributed by atoms with E-state index in [0.717, 1.165) is 17.5 Å². The maximum Gasteiger partial charge on any atom is 0.177 e. The van der Waals surface area contributed by atoms with Crippen LogP contribution in [0.5, 0.6) is 0 Å². The third-order valence-electron chi connectivity index (χ3n) is 3.99. The normalized spacial score (nSPS) is 13.3. The van der Waals surface area contributed by atoms with Gasteiger partial charge in [-0.1, -0.05) is 60.7 Å². The fraction of sp³-hybridized carbons (Fsp3) is 0.0952. The van der Waals surface area contributed by atoms with E-state index in [2.05, 4.69) is 47.5 Å². The van der Waals surface area contributed by atoms with Gasteiger partial charge in [0.1, 0.15) is 18.0 Å². The molecule has 4 heteroatoms. The molecule has 1 heterocycles. The quantitative estimate of drug-likeness (QED) is 0.845. The molecule has 1 aliphatic rings. The van der Waals surface area contributed by atoms with Gasteiger partial charge in [0.05, 0.1) is 0 Å². The summed E-state index contributed by atoms with van der Waals surface area (Å²) in [6.07, 6.45) is 15.3.